The lowest BCUT2D eigenvalue weighted by molar-refractivity contribution is -0.544. The fourth-order valence-electron chi connectivity index (χ4n) is 2.65. The third-order valence-corrected chi connectivity index (χ3v) is 3.92. The molecule has 0 radical (unpaired) electrons. The zero-order chi connectivity index (χ0) is 17.3. The zero-order valence-electron chi connectivity index (χ0n) is 14.3. The number of carbonyl (C=O) groups excluding carboxylic acids is 2. The Morgan fingerprint density at radius 1 is 1.29 bits per heavy atom. The number of β-amino-alcohol motifs (C(OH)–C–C–N with tert-alkyl or cyclic N) is 1. The molecule has 2 aliphatic heterocycles. The first kappa shape index (κ1) is 20.5. The molecule has 2 atom stereocenters. The molecule has 0 spiro atoms. The Morgan fingerprint density at radius 2 is 1.92 bits per heavy atom. The van der Waals surface area contributed by atoms with Crippen molar-refractivity contribution in [3.63, 3.8) is 0 Å². The van der Waals surface area contributed by atoms with Crippen molar-refractivity contribution in [3.05, 3.63) is 0 Å². The number of imide groups is 1. The molecule has 9 nitrogen and oxygen atoms in total. The van der Waals surface area contributed by atoms with Crippen molar-refractivity contribution in [2.45, 2.75) is 32.0 Å². The minimum absolute atomic E-state index is 0. The number of nitrogens with zero attached hydrogens (tertiary/aromatic N) is 4. The molecule has 10 heteroatoms. The van der Waals surface area contributed by atoms with Crippen molar-refractivity contribution in [1.82, 2.24) is 15.1 Å². The van der Waals surface area contributed by atoms with Crippen molar-refractivity contribution < 1.29 is 24.4 Å². The SMILES string of the molecule is CC(C)NCC(O)C[N+]1=C(CO)N=C2C1C(=O)N(C)C(=O)N2C.Cl. The van der Waals surface area contributed by atoms with Crippen molar-refractivity contribution in [2.24, 2.45) is 4.99 Å². The van der Waals surface area contributed by atoms with Gasteiger partial charge in [-0.2, -0.15) is 0 Å². The van der Waals surface area contributed by atoms with Gasteiger partial charge in [-0.3, -0.25) is 14.6 Å². The standard InChI is InChI=1S/C14H24N5O4.ClH/c1-8(2)15-5-9(21)6-19-10(7-20)16-12-11(19)13(22)18(4)14(23)17(12)3;/h8-9,11,15,20-21H,5-7H2,1-4H3;1H/q+1;. The molecule has 3 amide bonds. The highest BCUT2D eigenvalue weighted by Gasteiger charge is 2.53. The van der Waals surface area contributed by atoms with Gasteiger partial charge in [0.05, 0.1) is 0 Å². The topological polar surface area (TPSA) is 108 Å². The maximum absolute atomic E-state index is 12.4. The summed E-state index contributed by atoms with van der Waals surface area (Å²) in [6.45, 7) is 4.05. The van der Waals surface area contributed by atoms with E-state index in [1.165, 1.54) is 19.0 Å². The number of fused-ring (bicyclic) bond motifs is 1. The minimum Gasteiger partial charge on any atom is -0.388 e. The van der Waals surface area contributed by atoms with Gasteiger partial charge in [0.1, 0.15) is 19.3 Å². The first-order valence-corrected chi connectivity index (χ1v) is 7.56. The Hall–Kier alpha value is -1.55. The third-order valence-electron chi connectivity index (χ3n) is 3.92. The number of hydrogen-bond acceptors (Lipinski definition) is 6. The third kappa shape index (κ3) is 3.75. The quantitative estimate of drug-likeness (QED) is 0.497. The molecule has 1 fully saturated rings. The zero-order valence-corrected chi connectivity index (χ0v) is 15.1. The fourth-order valence-corrected chi connectivity index (χ4v) is 2.65. The second-order valence-electron chi connectivity index (χ2n) is 6.05. The van der Waals surface area contributed by atoms with Crippen LogP contribution in [-0.4, -0.2) is 100 Å². The molecule has 0 aromatic heterocycles. The molecule has 0 saturated carbocycles. The molecule has 24 heavy (non-hydrogen) atoms. The number of amides is 3. The van der Waals surface area contributed by atoms with Crippen LogP contribution < -0.4 is 5.32 Å². The summed E-state index contributed by atoms with van der Waals surface area (Å²) >= 11 is 0. The number of rotatable bonds is 6. The molecule has 0 bridgehead atoms. The molecule has 3 N–H and O–H groups in total. The van der Waals surface area contributed by atoms with Crippen molar-refractivity contribution in [1.29, 1.82) is 0 Å². The van der Waals surface area contributed by atoms with E-state index in [9.17, 15) is 19.8 Å². The van der Waals surface area contributed by atoms with E-state index in [1.54, 1.807) is 4.58 Å². The van der Waals surface area contributed by atoms with Crippen LogP contribution >= 0.6 is 12.4 Å². The number of aliphatic imine (C=N–C) groups is 1. The number of aliphatic hydroxyl groups is 2. The number of carbonyl (C=O) groups is 2. The monoisotopic (exact) mass is 362 g/mol. The highest BCUT2D eigenvalue weighted by Crippen LogP contribution is 2.18. The molecular weight excluding hydrogens is 338 g/mol. The number of aliphatic hydroxyl groups excluding tert-OH is 2. The van der Waals surface area contributed by atoms with Gasteiger partial charge in [0.2, 0.25) is 0 Å². The Labute approximate surface area is 147 Å². The molecule has 2 unspecified atom stereocenters. The summed E-state index contributed by atoms with van der Waals surface area (Å²) in [7, 11) is 2.94. The van der Waals surface area contributed by atoms with Gasteiger partial charge in [-0.15, -0.1) is 12.4 Å². The number of urea groups is 1. The summed E-state index contributed by atoms with van der Waals surface area (Å²) in [5, 5.41) is 22.8. The number of amidine groups is 2. The first-order chi connectivity index (χ1) is 10.8. The number of halogens is 1. The molecule has 0 aromatic carbocycles. The van der Waals surface area contributed by atoms with Gasteiger partial charge in [0, 0.05) is 26.7 Å². The van der Waals surface area contributed by atoms with Crippen LogP contribution in [0.2, 0.25) is 0 Å². The molecule has 2 heterocycles. The lowest BCUT2D eigenvalue weighted by atomic mass is 10.1. The van der Waals surface area contributed by atoms with Gasteiger partial charge in [-0.05, 0) is 4.99 Å². The molecule has 2 aliphatic rings. The highest BCUT2D eigenvalue weighted by molar-refractivity contribution is 6.22. The van der Waals surface area contributed by atoms with Crippen molar-refractivity contribution >= 4 is 36.0 Å². The van der Waals surface area contributed by atoms with Gasteiger partial charge >= 0.3 is 11.9 Å². The number of likely N-dealkylation sites (N-methyl/N-ethyl adjacent to an activating group) is 2. The van der Waals surface area contributed by atoms with Crippen LogP contribution in [0.1, 0.15) is 13.8 Å². The van der Waals surface area contributed by atoms with E-state index in [2.05, 4.69) is 10.3 Å². The van der Waals surface area contributed by atoms with E-state index in [0.29, 0.717) is 6.54 Å². The van der Waals surface area contributed by atoms with Crippen LogP contribution in [0, 0.1) is 0 Å². The van der Waals surface area contributed by atoms with E-state index >= 15 is 0 Å². The van der Waals surface area contributed by atoms with Crippen LogP contribution in [0.25, 0.3) is 0 Å². The van der Waals surface area contributed by atoms with Crippen LogP contribution in [0.15, 0.2) is 4.99 Å². The van der Waals surface area contributed by atoms with Crippen LogP contribution in [-0.2, 0) is 4.79 Å². The van der Waals surface area contributed by atoms with Crippen LogP contribution in [0.4, 0.5) is 4.79 Å². The predicted molar refractivity (Wildman–Crippen MR) is 90.8 cm³/mol. The molecule has 2 rings (SSSR count). The second kappa shape index (κ2) is 8.02. The maximum Gasteiger partial charge on any atom is 0.333 e. The number of nitrogens with one attached hydrogen (secondary N) is 1. The molecule has 0 aliphatic carbocycles. The van der Waals surface area contributed by atoms with E-state index < -0.39 is 24.1 Å². The average Bonchev–Trinajstić information content (AvgIpc) is 2.87. The summed E-state index contributed by atoms with van der Waals surface area (Å²) in [6.07, 6.45) is -0.741. The average molecular weight is 363 g/mol. The van der Waals surface area contributed by atoms with E-state index in [0.717, 1.165) is 4.90 Å². The highest BCUT2D eigenvalue weighted by atomic mass is 35.5. The Morgan fingerprint density at radius 3 is 2.46 bits per heavy atom. The fraction of sp³-hybridized carbons (Fsp3) is 0.714. The Kier molecular flexibility index (Phi) is 6.85. The van der Waals surface area contributed by atoms with E-state index in [4.69, 9.17) is 0 Å². The predicted octanol–water partition coefficient (Wildman–Crippen LogP) is -1.53. The van der Waals surface area contributed by atoms with Gasteiger partial charge in [-0.1, -0.05) is 13.8 Å². The normalized spacial score (nSPS) is 22.0. The lowest BCUT2D eigenvalue weighted by Crippen LogP contribution is -2.62. The van der Waals surface area contributed by atoms with Gasteiger partial charge < -0.3 is 15.5 Å². The van der Waals surface area contributed by atoms with Gasteiger partial charge in [-0.25, -0.2) is 9.37 Å². The molecular formula is C14H25ClN5O4+. The first-order valence-electron chi connectivity index (χ1n) is 7.56. The minimum atomic E-state index is -0.793. The molecule has 1 saturated heterocycles. The smallest absolute Gasteiger partial charge is 0.333 e. The summed E-state index contributed by atoms with van der Waals surface area (Å²) in [5.41, 5.74) is 0. The largest absolute Gasteiger partial charge is 0.388 e. The van der Waals surface area contributed by atoms with Crippen LogP contribution in [0.3, 0.4) is 0 Å². The Balaban J connectivity index is 0.00000288. The summed E-state index contributed by atoms with van der Waals surface area (Å²) in [4.78, 5) is 31.0. The Bertz CT molecular complexity index is 578. The summed E-state index contributed by atoms with van der Waals surface area (Å²) in [6, 6.07) is -1.03. The van der Waals surface area contributed by atoms with E-state index in [1.807, 2.05) is 13.8 Å². The molecule has 136 valence electrons. The van der Waals surface area contributed by atoms with Crippen LogP contribution in [0.5, 0.6) is 0 Å². The van der Waals surface area contributed by atoms with Crippen molar-refractivity contribution in [2.75, 3.05) is 33.8 Å². The lowest BCUT2D eigenvalue weighted by Gasteiger charge is -2.31. The van der Waals surface area contributed by atoms with Gasteiger partial charge in [0.25, 0.3) is 17.8 Å². The number of hydrogen-bond donors (Lipinski definition) is 3. The summed E-state index contributed by atoms with van der Waals surface area (Å²) in [5.74, 6) is 0.141. The summed E-state index contributed by atoms with van der Waals surface area (Å²) < 4.78 is 1.56. The van der Waals surface area contributed by atoms with Gasteiger partial charge in [0.15, 0.2) is 0 Å². The second-order valence-corrected chi connectivity index (χ2v) is 6.05. The van der Waals surface area contributed by atoms with Crippen molar-refractivity contribution in [3.8, 4) is 0 Å². The maximum atomic E-state index is 12.4. The molecule has 0 aromatic rings. The van der Waals surface area contributed by atoms with E-state index in [-0.39, 0.29) is 43.3 Å².